The smallest absolute Gasteiger partial charge is 0.143 e. The molecule has 1 aliphatic carbocycles. The molecule has 2 heterocycles. The van der Waals surface area contributed by atoms with Crippen LogP contribution in [0, 0.1) is 0 Å². The summed E-state index contributed by atoms with van der Waals surface area (Å²) < 4.78 is 9.40. The third kappa shape index (κ3) is 5.69. The third-order valence-corrected chi connectivity index (χ3v) is 13.3. The molecule has 0 saturated carbocycles. The normalized spacial score (nSPS) is 12.7. The predicted octanol–water partition coefficient (Wildman–Crippen LogP) is 14.6. The Morgan fingerprint density at radius 2 is 1.07 bits per heavy atom. The SMILES string of the molecule is C1=c2oc3c(ccc4ccccc43)c2=C(N(c2ccc(-c3ccc(-c4cccc5ccccc45)cc3)cc2)c2cccc(-c3ccc4sc5ccccc5c4c3)c2)CC1. The van der Waals surface area contributed by atoms with Gasteiger partial charge in [-0.05, 0) is 117 Å². The van der Waals surface area contributed by atoms with Gasteiger partial charge in [-0.2, -0.15) is 0 Å². The first-order chi connectivity index (χ1) is 29.2. The highest BCUT2D eigenvalue weighted by atomic mass is 32.1. The molecule has 0 spiro atoms. The lowest BCUT2D eigenvalue weighted by Gasteiger charge is -2.29. The number of nitrogens with zero attached hydrogens (tertiary/aromatic N) is 1. The molecule has 1 aliphatic rings. The number of thiophene rings is 1. The number of hydrogen-bond acceptors (Lipinski definition) is 3. The van der Waals surface area contributed by atoms with Crippen LogP contribution in [0.5, 0.6) is 0 Å². The number of fused-ring (bicyclic) bond motifs is 9. The van der Waals surface area contributed by atoms with Crippen molar-refractivity contribution in [3.63, 3.8) is 0 Å². The zero-order chi connectivity index (χ0) is 38.9. The number of anilines is 2. The molecule has 0 N–H and O–H groups in total. The molecule has 0 amide bonds. The maximum Gasteiger partial charge on any atom is 0.143 e. The molecule has 0 fully saturated rings. The summed E-state index contributed by atoms with van der Waals surface area (Å²) in [4.78, 5) is 2.48. The van der Waals surface area contributed by atoms with Crippen molar-refractivity contribution in [1.29, 1.82) is 0 Å². The zero-order valence-corrected chi connectivity index (χ0v) is 33.0. The van der Waals surface area contributed by atoms with E-state index in [0.29, 0.717) is 0 Å². The molecule has 0 bridgehead atoms. The summed E-state index contributed by atoms with van der Waals surface area (Å²) >= 11 is 1.86. The van der Waals surface area contributed by atoms with Gasteiger partial charge in [0.25, 0.3) is 0 Å². The van der Waals surface area contributed by atoms with E-state index in [0.717, 1.165) is 46.0 Å². The molecular formula is C56H37NOS. The Kier molecular flexibility index (Phi) is 7.89. The van der Waals surface area contributed by atoms with E-state index >= 15 is 0 Å². The molecule has 0 unspecified atom stereocenters. The van der Waals surface area contributed by atoms with Gasteiger partial charge in [0.1, 0.15) is 11.0 Å². The van der Waals surface area contributed by atoms with Crippen LogP contribution in [0.25, 0.3) is 97.8 Å². The number of furan rings is 1. The average molecular weight is 772 g/mol. The quantitative estimate of drug-likeness (QED) is 0.167. The van der Waals surface area contributed by atoms with Crippen molar-refractivity contribution in [3.05, 3.63) is 205 Å². The Balaban J connectivity index is 0.995. The summed E-state index contributed by atoms with van der Waals surface area (Å²) in [6.07, 6.45) is 4.07. The molecule has 0 radical (unpaired) electrons. The van der Waals surface area contributed by atoms with Gasteiger partial charge >= 0.3 is 0 Å². The second-order valence-electron chi connectivity index (χ2n) is 15.5. The molecule has 0 aliphatic heterocycles. The Morgan fingerprint density at radius 3 is 1.92 bits per heavy atom. The van der Waals surface area contributed by atoms with Crippen LogP contribution in [-0.2, 0) is 0 Å². The van der Waals surface area contributed by atoms with Gasteiger partial charge < -0.3 is 9.32 Å². The molecule has 9 aromatic carbocycles. The van der Waals surface area contributed by atoms with Crippen LogP contribution in [0.1, 0.15) is 12.8 Å². The van der Waals surface area contributed by atoms with Gasteiger partial charge in [0.2, 0.25) is 0 Å². The van der Waals surface area contributed by atoms with Crippen molar-refractivity contribution >= 4 is 87.2 Å². The van der Waals surface area contributed by atoms with Crippen molar-refractivity contribution < 1.29 is 4.42 Å². The summed E-state index contributed by atoms with van der Waals surface area (Å²) in [6, 6.07) is 71.0. The predicted molar refractivity (Wildman–Crippen MR) is 252 cm³/mol. The van der Waals surface area contributed by atoms with Gasteiger partial charge in [-0.3, -0.25) is 0 Å². The molecule has 12 rings (SSSR count). The van der Waals surface area contributed by atoms with Gasteiger partial charge in [0.05, 0.1) is 0 Å². The van der Waals surface area contributed by atoms with E-state index in [1.165, 1.54) is 80.6 Å². The molecule has 3 heteroatoms. The Hall–Kier alpha value is -7.20. The summed E-state index contributed by atoms with van der Waals surface area (Å²) in [5.41, 5.74) is 12.7. The maximum absolute atomic E-state index is 6.76. The lowest BCUT2D eigenvalue weighted by atomic mass is 9.96. The fourth-order valence-electron chi connectivity index (χ4n) is 9.29. The highest BCUT2D eigenvalue weighted by Gasteiger charge is 2.22. The number of benzene rings is 9. The molecule has 2 aromatic heterocycles. The largest absolute Gasteiger partial charge is 0.456 e. The highest BCUT2D eigenvalue weighted by Crippen LogP contribution is 2.40. The third-order valence-electron chi connectivity index (χ3n) is 12.1. The topological polar surface area (TPSA) is 16.4 Å². The van der Waals surface area contributed by atoms with Crippen LogP contribution in [-0.4, -0.2) is 0 Å². The first-order valence-corrected chi connectivity index (χ1v) is 21.2. The second-order valence-corrected chi connectivity index (χ2v) is 16.6. The first-order valence-electron chi connectivity index (χ1n) is 20.4. The Morgan fingerprint density at radius 1 is 0.424 bits per heavy atom. The minimum atomic E-state index is 0.892. The van der Waals surface area contributed by atoms with Crippen molar-refractivity contribution in [3.8, 4) is 33.4 Å². The Bertz CT molecular complexity index is 3550. The minimum absolute atomic E-state index is 0.892. The van der Waals surface area contributed by atoms with Gasteiger partial charge in [-0.15, -0.1) is 11.3 Å². The molecule has 11 aromatic rings. The summed E-state index contributed by atoms with van der Waals surface area (Å²) in [7, 11) is 0. The Labute approximate surface area is 345 Å². The van der Waals surface area contributed by atoms with E-state index in [1.54, 1.807) is 0 Å². The molecule has 0 atom stereocenters. The van der Waals surface area contributed by atoms with Gasteiger partial charge in [-0.25, -0.2) is 0 Å². The highest BCUT2D eigenvalue weighted by molar-refractivity contribution is 7.25. The second kappa shape index (κ2) is 13.7. The van der Waals surface area contributed by atoms with Crippen molar-refractivity contribution in [2.45, 2.75) is 12.8 Å². The maximum atomic E-state index is 6.76. The average Bonchev–Trinajstić information content (AvgIpc) is 3.88. The van der Waals surface area contributed by atoms with Crippen LogP contribution < -0.4 is 15.5 Å². The van der Waals surface area contributed by atoms with Crippen LogP contribution in [0.4, 0.5) is 11.4 Å². The number of rotatable bonds is 6. The lowest BCUT2D eigenvalue weighted by Crippen LogP contribution is -2.33. The van der Waals surface area contributed by atoms with E-state index in [9.17, 15) is 0 Å². The van der Waals surface area contributed by atoms with E-state index in [2.05, 4.69) is 205 Å². The molecule has 2 nitrogen and oxygen atoms in total. The van der Waals surface area contributed by atoms with Crippen LogP contribution >= 0.6 is 11.3 Å². The standard InChI is InChI=1S/C56H37NOS/c1-3-15-45-38(10-1)12-8-18-46(45)40-24-22-36(23-25-40)37-26-30-43(31-27-37)57(51-19-9-20-52-55(51)49-32-28-39-11-2-4-16-47(39)56(49)58-52)44-14-7-13-41(34-44)42-29-33-54-50(35-42)48-17-5-6-21-53(48)59-54/h1-8,10-18,20-35H,9,19H2. The van der Waals surface area contributed by atoms with Gasteiger partial charge in [-0.1, -0.05) is 146 Å². The minimum Gasteiger partial charge on any atom is -0.456 e. The fraction of sp³-hybridized carbons (Fsp3) is 0.0357. The molecular weight excluding hydrogens is 735 g/mol. The van der Waals surface area contributed by atoms with E-state index in [4.69, 9.17) is 4.42 Å². The van der Waals surface area contributed by atoms with Crippen LogP contribution in [0.2, 0.25) is 0 Å². The van der Waals surface area contributed by atoms with E-state index in [1.807, 2.05) is 11.3 Å². The van der Waals surface area contributed by atoms with Crippen LogP contribution in [0.15, 0.2) is 199 Å². The summed E-state index contributed by atoms with van der Waals surface area (Å²) in [5.74, 6) is 0. The van der Waals surface area contributed by atoms with E-state index < -0.39 is 0 Å². The molecule has 278 valence electrons. The number of hydrogen-bond donors (Lipinski definition) is 0. The van der Waals surface area contributed by atoms with Gasteiger partial charge in [0, 0.05) is 53.2 Å². The fourth-order valence-corrected chi connectivity index (χ4v) is 10.4. The summed E-state index contributed by atoms with van der Waals surface area (Å²) in [5, 5.41) is 9.83. The van der Waals surface area contributed by atoms with Crippen LogP contribution in [0.3, 0.4) is 0 Å². The summed E-state index contributed by atoms with van der Waals surface area (Å²) in [6.45, 7) is 0. The lowest BCUT2D eigenvalue weighted by molar-refractivity contribution is 0.573. The van der Waals surface area contributed by atoms with Crippen molar-refractivity contribution in [2.24, 2.45) is 0 Å². The monoisotopic (exact) mass is 771 g/mol. The zero-order valence-electron chi connectivity index (χ0n) is 32.2. The molecule has 59 heavy (non-hydrogen) atoms. The van der Waals surface area contributed by atoms with Crippen molar-refractivity contribution in [2.75, 3.05) is 4.90 Å². The van der Waals surface area contributed by atoms with Crippen molar-refractivity contribution in [1.82, 2.24) is 0 Å². The molecule has 0 saturated heterocycles. The first kappa shape index (κ1) is 33.9. The van der Waals surface area contributed by atoms with E-state index in [-0.39, 0.29) is 0 Å². The van der Waals surface area contributed by atoms with Gasteiger partial charge in [0.15, 0.2) is 0 Å².